The molecule has 102 valence electrons. The lowest BCUT2D eigenvalue weighted by molar-refractivity contribution is -0.145. The summed E-state index contributed by atoms with van der Waals surface area (Å²) in [6, 6.07) is 0. The third kappa shape index (κ3) is 3.02. The Morgan fingerprint density at radius 1 is 1.17 bits per heavy atom. The third-order valence-corrected chi connectivity index (χ3v) is 3.99. The molecule has 5 heteroatoms. The van der Waals surface area contributed by atoms with Crippen molar-refractivity contribution in [2.45, 2.75) is 38.7 Å². The largest absolute Gasteiger partial charge is 0.384 e. The zero-order valence-electron chi connectivity index (χ0n) is 11.0. The Bertz CT molecular complexity index is 318. The molecule has 0 radical (unpaired) electrons. The van der Waals surface area contributed by atoms with Gasteiger partial charge in [0.25, 0.3) is 5.91 Å². The maximum Gasteiger partial charge on any atom is 0.251 e. The van der Waals surface area contributed by atoms with E-state index in [0.717, 1.165) is 0 Å². The van der Waals surface area contributed by atoms with Gasteiger partial charge in [-0.1, -0.05) is 6.42 Å². The number of nitrogens with zero attached hydrogens (tertiary/aromatic N) is 2. The van der Waals surface area contributed by atoms with Crippen molar-refractivity contribution < 1.29 is 14.7 Å². The second-order valence-electron chi connectivity index (χ2n) is 5.38. The smallest absolute Gasteiger partial charge is 0.251 e. The van der Waals surface area contributed by atoms with Crippen LogP contribution in [0, 0.1) is 5.92 Å². The minimum Gasteiger partial charge on any atom is -0.384 e. The Morgan fingerprint density at radius 2 is 1.72 bits per heavy atom. The zero-order valence-corrected chi connectivity index (χ0v) is 11.0. The van der Waals surface area contributed by atoms with Gasteiger partial charge >= 0.3 is 0 Å². The molecule has 0 aromatic rings. The molecule has 1 atom stereocenters. The summed E-state index contributed by atoms with van der Waals surface area (Å²) in [4.78, 5) is 27.1. The zero-order chi connectivity index (χ0) is 13.1. The molecule has 0 aromatic heterocycles. The van der Waals surface area contributed by atoms with Gasteiger partial charge in [-0.3, -0.25) is 9.59 Å². The number of amides is 2. The van der Waals surface area contributed by atoms with Crippen molar-refractivity contribution in [3.63, 3.8) is 0 Å². The van der Waals surface area contributed by atoms with E-state index in [0.29, 0.717) is 38.5 Å². The topological polar surface area (TPSA) is 60.9 Å². The summed E-state index contributed by atoms with van der Waals surface area (Å²) >= 11 is 0. The van der Waals surface area contributed by atoms with Gasteiger partial charge in [0.2, 0.25) is 5.91 Å². The first-order valence-electron chi connectivity index (χ1n) is 6.82. The van der Waals surface area contributed by atoms with E-state index in [9.17, 15) is 14.7 Å². The second kappa shape index (κ2) is 5.69. The lowest BCUT2D eigenvalue weighted by Gasteiger charge is -2.36. The lowest BCUT2D eigenvalue weighted by Crippen LogP contribution is -2.52. The maximum atomic E-state index is 12.0. The van der Waals surface area contributed by atoms with Crippen LogP contribution in [0.15, 0.2) is 0 Å². The minimum absolute atomic E-state index is 0.226. The van der Waals surface area contributed by atoms with E-state index >= 15 is 0 Å². The van der Waals surface area contributed by atoms with Crippen LogP contribution < -0.4 is 0 Å². The molecule has 2 rings (SSSR count). The van der Waals surface area contributed by atoms with E-state index in [1.165, 1.54) is 26.2 Å². The van der Waals surface area contributed by atoms with Crippen molar-refractivity contribution in [1.82, 2.24) is 9.80 Å². The van der Waals surface area contributed by atoms with Gasteiger partial charge in [0, 0.05) is 32.6 Å². The van der Waals surface area contributed by atoms with Gasteiger partial charge in [0.1, 0.15) is 6.10 Å². The summed E-state index contributed by atoms with van der Waals surface area (Å²) in [7, 11) is 0. The first-order chi connectivity index (χ1) is 8.58. The van der Waals surface area contributed by atoms with Crippen molar-refractivity contribution in [1.29, 1.82) is 0 Å². The molecule has 1 aliphatic carbocycles. The van der Waals surface area contributed by atoms with Crippen LogP contribution in [0.1, 0.15) is 32.6 Å². The van der Waals surface area contributed by atoms with Gasteiger partial charge in [0.05, 0.1) is 0 Å². The van der Waals surface area contributed by atoms with Gasteiger partial charge in [-0.05, 0) is 25.7 Å². The highest BCUT2D eigenvalue weighted by atomic mass is 16.3. The number of rotatable bonds is 3. The molecule has 2 aliphatic rings. The highest BCUT2D eigenvalue weighted by molar-refractivity contribution is 5.81. The molecule has 18 heavy (non-hydrogen) atoms. The van der Waals surface area contributed by atoms with Crippen LogP contribution in [0.25, 0.3) is 0 Å². The van der Waals surface area contributed by atoms with Crippen LogP contribution in [0.5, 0.6) is 0 Å². The fourth-order valence-electron chi connectivity index (χ4n) is 2.51. The Balaban J connectivity index is 1.75. The molecule has 0 spiro atoms. The van der Waals surface area contributed by atoms with Crippen molar-refractivity contribution in [2.24, 2.45) is 5.92 Å². The summed E-state index contributed by atoms with van der Waals surface area (Å²) in [5.74, 6) is 0.583. The van der Waals surface area contributed by atoms with Crippen molar-refractivity contribution >= 4 is 11.8 Å². The van der Waals surface area contributed by atoms with Gasteiger partial charge in [-0.2, -0.15) is 0 Å². The van der Waals surface area contributed by atoms with Gasteiger partial charge in [-0.15, -0.1) is 0 Å². The maximum absolute atomic E-state index is 12.0. The average molecular weight is 254 g/mol. The van der Waals surface area contributed by atoms with E-state index in [-0.39, 0.29) is 11.8 Å². The molecule has 5 nitrogen and oxygen atoms in total. The van der Waals surface area contributed by atoms with Crippen LogP contribution in [-0.4, -0.2) is 59.0 Å². The number of hydrogen-bond donors (Lipinski definition) is 1. The van der Waals surface area contributed by atoms with Crippen LogP contribution in [0.2, 0.25) is 0 Å². The molecule has 1 N–H and O–H groups in total. The highest BCUT2D eigenvalue weighted by Crippen LogP contribution is 2.29. The van der Waals surface area contributed by atoms with Crippen LogP contribution >= 0.6 is 0 Å². The Labute approximate surface area is 108 Å². The first kappa shape index (κ1) is 13.3. The molecule has 0 aromatic carbocycles. The average Bonchev–Trinajstić information content (AvgIpc) is 2.32. The normalized spacial score (nSPS) is 22.6. The van der Waals surface area contributed by atoms with Crippen molar-refractivity contribution in [2.75, 3.05) is 26.2 Å². The number of hydrogen-bond acceptors (Lipinski definition) is 3. The quantitative estimate of drug-likeness (QED) is 0.784. The number of aliphatic hydroxyl groups is 1. The van der Waals surface area contributed by atoms with E-state index in [4.69, 9.17) is 0 Å². The van der Waals surface area contributed by atoms with Crippen molar-refractivity contribution in [3.05, 3.63) is 0 Å². The molecular formula is C13H22N2O3. The van der Waals surface area contributed by atoms with Gasteiger partial charge in [0.15, 0.2) is 0 Å². The summed E-state index contributed by atoms with van der Waals surface area (Å²) in [6.45, 7) is 3.77. The Morgan fingerprint density at radius 3 is 2.17 bits per heavy atom. The van der Waals surface area contributed by atoms with Crippen LogP contribution in [-0.2, 0) is 9.59 Å². The van der Waals surface area contributed by atoms with Gasteiger partial charge < -0.3 is 14.9 Å². The SMILES string of the molecule is CC(O)C(=O)N1CCN(C(=O)CC2CCC2)CC1. The predicted molar refractivity (Wildman–Crippen MR) is 66.8 cm³/mol. The standard InChI is InChI=1S/C13H22N2O3/c1-10(16)13(18)15-7-5-14(6-8-15)12(17)9-11-3-2-4-11/h10-11,16H,2-9H2,1H3. The lowest BCUT2D eigenvalue weighted by atomic mass is 9.82. The van der Waals surface area contributed by atoms with E-state index in [1.807, 2.05) is 4.90 Å². The molecule has 1 aliphatic heterocycles. The van der Waals surface area contributed by atoms with E-state index in [2.05, 4.69) is 0 Å². The van der Waals surface area contributed by atoms with E-state index < -0.39 is 6.10 Å². The number of piperazine rings is 1. The summed E-state index contributed by atoms with van der Waals surface area (Å²) in [6.07, 6.45) is 3.36. The fraction of sp³-hybridized carbons (Fsp3) is 0.846. The predicted octanol–water partition coefficient (Wildman–Crippen LogP) is 0.228. The monoisotopic (exact) mass is 254 g/mol. The van der Waals surface area contributed by atoms with Gasteiger partial charge in [-0.25, -0.2) is 0 Å². The molecular weight excluding hydrogens is 232 g/mol. The Hall–Kier alpha value is -1.10. The molecule has 1 heterocycles. The summed E-state index contributed by atoms with van der Waals surface area (Å²) in [5, 5.41) is 9.23. The van der Waals surface area contributed by atoms with Crippen LogP contribution in [0.4, 0.5) is 0 Å². The Kier molecular flexibility index (Phi) is 4.22. The third-order valence-electron chi connectivity index (χ3n) is 3.99. The minimum atomic E-state index is -0.942. The molecule has 1 saturated carbocycles. The van der Waals surface area contributed by atoms with E-state index in [1.54, 1.807) is 4.90 Å². The molecule has 1 saturated heterocycles. The molecule has 1 unspecified atom stereocenters. The highest BCUT2D eigenvalue weighted by Gasteiger charge is 2.28. The summed E-state index contributed by atoms with van der Waals surface area (Å²) in [5.41, 5.74) is 0. The number of carbonyl (C=O) groups excluding carboxylic acids is 2. The van der Waals surface area contributed by atoms with Crippen molar-refractivity contribution in [3.8, 4) is 0 Å². The molecule has 2 amide bonds. The fourth-order valence-corrected chi connectivity index (χ4v) is 2.51. The molecule has 0 bridgehead atoms. The molecule has 2 fully saturated rings. The second-order valence-corrected chi connectivity index (χ2v) is 5.38. The van der Waals surface area contributed by atoms with Crippen LogP contribution in [0.3, 0.4) is 0 Å². The summed E-state index contributed by atoms with van der Waals surface area (Å²) < 4.78 is 0. The first-order valence-corrected chi connectivity index (χ1v) is 6.82. The number of carbonyl (C=O) groups is 2. The number of aliphatic hydroxyl groups excluding tert-OH is 1.